The molecule has 0 amide bonds. The number of nitrogens with zero attached hydrogens (tertiary/aromatic N) is 2. The van der Waals surface area contributed by atoms with Crippen LogP contribution in [0.3, 0.4) is 0 Å². The van der Waals surface area contributed by atoms with Gasteiger partial charge in [0.2, 0.25) is 0 Å². The molecule has 0 bridgehead atoms. The van der Waals surface area contributed by atoms with E-state index in [0.717, 1.165) is 56.3 Å². The Morgan fingerprint density at radius 1 is 1.26 bits per heavy atom. The van der Waals surface area contributed by atoms with Crippen LogP contribution in [-0.4, -0.2) is 37.5 Å². The molecule has 3 heterocycles. The zero-order valence-corrected chi connectivity index (χ0v) is 25.2. The van der Waals surface area contributed by atoms with Gasteiger partial charge in [0.25, 0.3) is 0 Å². The van der Waals surface area contributed by atoms with Crippen molar-refractivity contribution in [2.45, 2.75) is 70.0 Å². The minimum atomic E-state index is -0.513. The van der Waals surface area contributed by atoms with E-state index in [0.29, 0.717) is 34.0 Å². The molecule has 0 spiro atoms. The molecule has 0 aliphatic carbocycles. The van der Waals surface area contributed by atoms with Gasteiger partial charge in [0.15, 0.2) is 11.0 Å². The normalized spacial score (nSPS) is 17.9. The number of aryl methyl sites for hydroxylation is 1. The number of piperidine rings is 1. The lowest BCUT2D eigenvalue weighted by atomic mass is 9.92. The van der Waals surface area contributed by atoms with E-state index in [1.807, 2.05) is 31.2 Å². The summed E-state index contributed by atoms with van der Waals surface area (Å²) in [6.45, 7) is 1.97. The van der Waals surface area contributed by atoms with Gasteiger partial charge in [0.05, 0.1) is 16.4 Å². The van der Waals surface area contributed by atoms with Crippen molar-refractivity contribution in [3.05, 3.63) is 81.1 Å². The number of nitrogens with one attached hydrogen (secondary N) is 3. The highest BCUT2D eigenvalue weighted by molar-refractivity contribution is 8.13. The van der Waals surface area contributed by atoms with Crippen LogP contribution in [0.5, 0.6) is 0 Å². The second kappa shape index (κ2) is 13.4. The van der Waals surface area contributed by atoms with Gasteiger partial charge < -0.3 is 21.8 Å². The van der Waals surface area contributed by atoms with E-state index in [1.54, 1.807) is 24.4 Å². The maximum Gasteiger partial charge on any atom is 0.354 e. The van der Waals surface area contributed by atoms with Gasteiger partial charge in [-0.1, -0.05) is 41.9 Å². The third-order valence-corrected chi connectivity index (χ3v) is 8.82. The predicted molar refractivity (Wildman–Crippen MR) is 171 cm³/mol. The Balaban J connectivity index is 1.35. The van der Waals surface area contributed by atoms with Crippen molar-refractivity contribution < 1.29 is 4.39 Å². The van der Waals surface area contributed by atoms with Gasteiger partial charge in [0.1, 0.15) is 5.65 Å². The maximum absolute atomic E-state index is 15.1. The third kappa shape index (κ3) is 7.23. The molecule has 1 saturated heterocycles. The third-order valence-electron chi connectivity index (χ3n) is 7.79. The van der Waals surface area contributed by atoms with Crippen LogP contribution < -0.4 is 22.5 Å². The monoisotopic (exact) mass is 609 g/mol. The number of H-pyrrole nitrogens is 1. The Morgan fingerprint density at radius 3 is 2.79 bits per heavy atom. The summed E-state index contributed by atoms with van der Waals surface area (Å²) >= 11 is 7.63. The Hall–Kier alpha value is -3.18. The fourth-order valence-corrected chi connectivity index (χ4v) is 6.49. The number of halogens is 2. The number of aromatic nitrogens is 3. The number of fused-ring (bicyclic) bond motifs is 1. The molecule has 2 aromatic carbocycles. The average molecular weight is 610 g/mol. The summed E-state index contributed by atoms with van der Waals surface area (Å²) in [5.41, 5.74) is 15.0. The lowest BCUT2D eigenvalue weighted by Crippen LogP contribution is -2.37. The quantitative estimate of drug-likeness (QED) is 0.110. The Bertz CT molecular complexity index is 1620. The van der Waals surface area contributed by atoms with Crippen LogP contribution in [0.4, 0.5) is 4.39 Å². The standard InChI is InChI=1S/C31H37ClFN7OS/c1-18(34)4-2-5-19-14-24(28(33)25(32)15-19)27-16-21-17-40(31(41)39-29(21)38-27)23-10-8-20(9-11-23)26-7-3-6-22(37-26)12-13-42-30(35)36/h8-11,14-18,22,26,37H,2-7,12-13,34H2,1H3,(H3,35,36)(H,38,39,41). The minimum absolute atomic E-state index is 0.0586. The number of benzene rings is 2. The minimum Gasteiger partial charge on any atom is -0.379 e. The lowest BCUT2D eigenvalue weighted by Gasteiger charge is -2.31. The van der Waals surface area contributed by atoms with Crippen molar-refractivity contribution in [1.29, 1.82) is 5.41 Å². The van der Waals surface area contributed by atoms with Crippen LogP contribution >= 0.6 is 23.4 Å². The van der Waals surface area contributed by atoms with Gasteiger partial charge in [-0.05, 0) is 86.9 Å². The molecule has 1 aliphatic rings. The fraction of sp³-hybridized carbons (Fsp3) is 0.387. The summed E-state index contributed by atoms with van der Waals surface area (Å²) in [5, 5.41) is 12.0. The molecule has 0 radical (unpaired) electrons. The number of thioether (sulfide) groups is 1. The van der Waals surface area contributed by atoms with Crippen LogP contribution in [0.15, 0.2) is 53.5 Å². The molecule has 42 heavy (non-hydrogen) atoms. The van der Waals surface area contributed by atoms with Crippen molar-refractivity contribution in [2.24, 2.45) is 11.5 Å². The Morgan fingerprint density at radius 2 is 2.05 bits per heavy atom. The number of hydrogen-bond acceptors (Lipinski definition) is 6. The number of hydrogen-bond donors (Lipinski definition) is 5. The van der Waals surface area contributed by atoms with Crippen LogP contribution in [-0.2, 0) is 6.42 Å². The summed E-state index contributed by atoms with van der Waals surface area (Å²) < 4.78 is 16.6. The molecular weight excluding hydrogens is 573 g/mol. The molecule has 4 aromatic rings. The highest BCUT2D eigenvalue weighted by Crippen LogP contribution is 2.32. The van der Waals surface area contributed by atoms with Crippen molar-refractivity contribution in [3.63, 3.8) is 0 Å². The highest BCUT2D eigenvalue weighted by Gasteiger charge is 2.22. The summed E-state index contributed by atoms with van der Waals surface area (Å²) in [6, 6.07) is 13.9. The highest BCUT2D eigenvalue weighted by atomic mass is 35.5. The largest absolute Gasteiger partial charge is 0.379 e. The second-order valence-electron chi connectivity index (χ2n) is 11.1. The van der Waals surface area contributed by atoms with Crippen LogP contribution in [0.2, 0.25) is 5.02 Å². The van der Waals surface area contributed by atoms with E-state index in [4.69, 9.17) is 28.5 Å². The van der Waals surface area contributed by atoms with Gasteiger partial charge in [-0.15, -0.1) is 0 Å². The Kier molecular flexibility index (Phi) is 9.67. The lowest BCUT2D eigenvalue weighted by molar-refractivity contribution is 0.320. The first-order valence-electron chi connectivity index (χ1n) is 14.4. The fourth-order valence-electron chi connectivity index (χ4n) is 5.63. The number of aromatic amines is 1. The number of amidine groups is 1. The van der Waals surface area contributed by atoms with Crippen LogP contribution in [0.25, 0.3) is 28.0 Å². The summed E-state index contributed by atoms with van der Waals surface area (Å²) in [4.78, 5) is 20.3. The van der Waals surface area contributed by atoms with Crippen molar-refractivity contribution in [1.82, 2.24) is 19.9 Å². The average Bonchev–Trinajstić information content (AvgIpc) is 3.37. The van der Waals surface area contributed by atoms with E-state index in [1.165, 1.54) is 21.9 Å². The first-order valence-corrected chi connectivity index (χ1v) is 15.7. The smallest absolute Gasteiger partial charge is 0.354 e. The van der Waals surface area contributed by atoms with Crippen LogP contribution in [0.1, 0.15) is 62.6 Å². The SMILES string of the molecule is CC(N)CCCc1cc(Cl)c(F)c(-c2cc3cn(-c4ccc(C5CCCC(CCSC(=N)N)N5)cc4)c(=O)nc3[nH]2)c1. The molecule has 1 fully saturated rings. The van der Waals surface area contributed by atoms with E-state index in [9.17, 15) is 4.79 Å². The van der Waals surface area contributed by atoms with Crippen molar-refractivity contribution >= 4 is 39.6 Å². The molecule has 222 valence electrons. The molecule has 2 aromatic heterocycles. The molecule has 5 rings (SSSR count). The molecule has 1 aliphatic heterocycles. The molecule has 0 saturated carbocycles. The topological polar surface area (TPSA) is 139 Å². The molecule has 11 heteroatoms. The first kappa shape index (κ1) is 30.3. The maximum atomic E-state index is 15.1. The van der Waals surface area contributed by atoms with Crippen molar-refractivity contribution in [2.75, 3.05) is 5.75 Å². The van der Waals surface area contributed by atoms with Gasteiger partial charge >= 0.3 is 5.69 Å². The zero-order chi connectivity index (χ0) is 29.8. The van der Waals surface area contributed by atoms with Gasteiger partial charge in [0, 0.05) is 41.0 Å². The number of nitrogens with two attached hydrogens (primary N) is 2. The number of rotatable bonds is 10. The van der Waals surface area contributed by atoms with E-state index >= 15 is 4.39 Å². The molecule has 3 unspecified atom stereocenters. The summed E-state index contributed by atoms with van der Waals surface area (Å²) in [6.07, 6.45) is 8.47. The molecule has 7 N–H and O–H groups in total. The molecule has 8 nitrogen and oxygen atoms in total. The second-order valence-corrected chi connectivity index (χ2v) is 12.7. The van der Waals surface area contributed by atoms with Gasteiger partial charge in [-0.25, -0.2) is 9.18 Å². The van der Waals surface area contributed by atoms with Gasteiger partial charge in [-0.3, -0.25) is 9.98 Å². The van der Waals surface area contributed by atoms with Crippen LogP contribution in [0, 0.1) is 11.2 Å². The predicted octanol–water partition coefficient (Wildman–Crippen LogP) is 6.04. The summed E-state index contributed by atoms with van der Waals surface area (Å²) in [7, 11) is 0. The van der Waals surface area contributed by atoms with Gasteiger partial charge in [-0.2, -0.15) is 4.98 Å². The Labute approximate surface area is 253 Å². The molecular formula is C31H37ClFN7OS. The summed E-state index contributed by atoms with van der Waals surface area (Å²) in [5.74, 6) is 0.318. The van der Waals surface area contributed by atoms with E-state index in [-0.39, 0.29) is 22.3 Å². The van der Waals surface area contributed by atoms with E-state index in [2.05, 4.69) is 15.3 Å². The molecule has 3 atom stereocenters. The first-order chi connectivity index (χ1) is 20.2. The van der Waals surface area contributed by atoms with E-state index < -0.39 is 11.5 Å². The zero-order valence-electron chi connectivity index (χ0n) is 23.6. The van der Waals surface area contributed by atoms with Crippen molar-refractivity contribution in [3.8, 4) is 16.9 Å².